The number of hydrogen-bond acceptors (Lipinski definition) is 7. The van der Waals surface area contributed by atoms with Gasteiger partial charge in [-0.25, -0.2) is 0 Å². The van der Waals surface area contributed by atoms with Gasteiger partial charge >= 0.3 is 0 Å². The summed E-state index contributed by atoms with van der Waals surface area (Å²) in [5, 5.41) is 22.6. The summed E-state index contributed by atoms with van der Waals surface area (Å²) in [7, 11) is 0. The van der Waals surface area contributed by atoms with Crippen LogP contribution in [-0.4, -0.2) is 25.3 Å². The van der Waals surface area contributed by atoms with E-state index in [4.69, 9.17) is 10.3 Å². The zero-order valence-electron chi connectivity index (χ0n) is 10.2. The molecule has 0 spiro atoms. The third-order valence-electron chi connectivity index (χ3n) is 2.74. The minimum Gasteiger partial charge on any atom is -0.504 e. The van der Waals surface area contributed by atoms with E-state index in [2.05, 4.69) is 15.1 Å². The lowest BCUT2D eigenvalue weighted by molar-refractivity contribution is 0.404. The van der Waals surface area contributed by atoms with Crippen LogP contribution in [0.15, 0.2) is 41.2 Å². The van der Waals surface area contributed by atoms with Gasteiger partial charge in [-0.1, -0.05) is 5.16 Å². The van der Waals surface area contributed by atoms with Gasteiger partial charge in [-0.3, -0.25) is 4.98 Å². The molecule has 0 aliphatic heterocycles. The van der Waals surface area contributed by atoms with Crippen LogP contribution in [0.25, 0.3) is 22.8 Å². The molecule has 0 amide bonds. The quantitative estimate of drug-likeness (QED) is 0.607. The monoisotopic (exact) mass is 270 g/mol. The fourth-order valence-corrected chi connectivity index (χ4v) is 1.71. The second kappa shape index (κ2) is 4.54. The van der Waals surface area contributed by atoms with Gasteiger partial charge in [0.05, 0.1) is 17.4 Å². The average Bonchev–Trinajstić information content (AvgIpc) is 2.92. The van der Waals surface area contributed by atoms with Crippen molar-refractivity contribution in [3.8, 4) is 34.3 Å². The molecule has 2 heterocycles. The van der Waals surface area contributed by atoms with E-state index in [1.807, 2.05) is 0 Å². The predicted molar refractivity (Wildman–Crippen MR) is 70.7 cm³/mol. The Bertz CT molecular complexity index is 770. The smallest absolute Gasteiger partial charge is 0.260 e. The van der Waals surface area contributed by atoms with Gasteiger partial charge in [0.25, 0.3) is 5.89 Å². The Hall–Kier alpha value is -3.09. The fourth-order valence-electron chi connectivity index (χ4n) is 1.71. The van der Waals surface area contributed by atoms with Gasteiger partial charge in [0, 0.05) is 11.8 Å². The van der Waals surface area contributed by atoms with Gasteiger partial charge in [0.1, 0.15) is 0 Å². The van der Waals surface area contributed by atoms with Gasteiger partial charge < -0.3 is 20.5 Å². The summed E-state index contributed by atoms with van der Waals surface area (Å²) in [6.45, 7) is 0. The summed E-state index contributed by atoms with van der Waals surface area (Å²) < 4.78 is 5.14. The average molecular weight is 270 g/mol. The number of aromatic hydroxyl groups is 2. The molecule has 0 saturated carbocycles. The van der Waals surface area contributed by atoms with Crippen LogP contribution in [0.1, 0.15) is 0 Å². The van der Waals surface area contributed by atoms with E-state index in [9.17, 15) is 10.2 Å². The van der Waals surface area contributed by atoms with E-state index in [-0.39, 0.29) is 23.2 Å². The number of hydrogen-bond donors (Lipinski definition) is 3. The highest BCUT2D eigenvalue weighted by atomic mass is 16.5. The molecule has 2 aromatic heterocycles. The second-order valence-corrected chi connectivity index (χ2v) is 4.09. The van der Waals surface area contributed by atoms with Gasteiger partial charge in [-0.2, -0.15) is 4.98 Å². The van der Waals surface area contributed by atoms with Crippen molar-refractivity contribution in [3.05, 3.63) is 36.7 Å². The fraction of sp³-hybridized carbons (Fsp3) is 0. The largest absolute Gasteiger partial charge is 0.504 e. The highest BCUT2D eigenvalue weighted by molar-refractivity contribution is 5.70. The maximum atomic E-state index is 9.46. The van der Waals surface area contributed by atoms with E-state index in [0.717, 1.165) is 0 Å². The van der Waals surface area contributed by atoms with Crippen LogP contribution in [0, 0.1) is 0 Å². The van der Waals surface area contributed by atoms with Crippen LogP contribution >= 0.6 is 0 Å². The molecule has 4 N–H and O–H groups in total. The number of benzene rings is 1. The summed E-state index contributed by atoms with van der Waals surface area (Å²) in [6, 6.07) is 5.93. The molecule has 0 radical (unpaired) electrons. The summed E-state index contributed by atoms with van der Waals surface area (Å²) >= 11 is 0. The van der Waals surface area contributed by atoms with Gasteiger partial charge in [0.2, 0.25) is 5.82 Å². The van der Waals surface area contributed by atoms with Crippen molar-refractivity contribution in [3.63, 3.8) is 0 Å². The second-order valence-electron chi connectivity index (χ2n) is 4.09. The van der Waals surface area contributed by atoms with Crippen molar-refractivity contribution in [1.29, 1.82) is 0 Å². The molecule has 7 nitrogen and oxygen atoms in total. The molecule has 0 aliphatic carbocycles. The number of rotatable bonds is 2. The molecule has 0 atom stereocenters. The number of nitrogens with two attached hydrogens (primary N) is 1. The van der Waals surface area contributed by atoms with Crippen molar-refractivity contribution in [2.75, 3.05) is 5.73 Å². The van der Waals surface area contributed by atoms with E-state index in [0.29, 0.717) is 16.8 Å². The predicted octanol–water partition coefficient (Wildman–Crippen LogP) is 1.79. The number of phenolic OH excluding ortho intramolecular Hbond substituents is 2. The summed E-state index contributed by atoms with van der Waals surface area (Å²) in [6.07, 6.45) is 3.06. The van der Waals surface area contributed by atoms with E-state index in [1.54, 1.807) is 18.3 Å². The van der Waals surface area contributed by atoms with Crippen molar-refractivity contribution in [2.24, 2.45) is 0 Å². The lowest BCUT2D eigenvalue weighted by Gasteiger charge is -1.99. The summed E-state index contributed by atoms with van der Waals surface area (Å²) in [4.78, 5) is 8.09. The lowest BCUT2D eigenvalue weighted by Crippen LogP contribution is -1.90. The minimum atomic E-state index is -0.253. The van der Waals surface area contributed by atoms with E-state index >= 15 is 0 Å². The molecule has 20 heavy (non-hydrogen) atoms. The first-order valence-corrected chi connectivity index (χ1v) is 5.71. The highest BCUT2D eigenvalue weighted by Crippen LogP contribution is 2.31. The zero-order valence-corrected chi connectivity index (χ0v) is 10.2. The van der Waals surface area contributed by atoms with Crippen molar-refractivity contribution in [2.45, 2.75) is 0 Å². The third-order valence-corrected chi connectivity index (χ3v) is 2.74. The number of phenols is 2. The molecular weight excluding hydrogens is 260 g/mol. The van der Waals surface area contributed by atoms with Crippen LogP contribution in [0.4, 0.5) is 5.69 Å². The van der Waals surface area contributed by atoms with Crippen LogP contribution in [0.3, 0.4) is 0 Å². The molecule has 7 heteroatoms. The lowest BCUT2D eigenvalue weighted by atomic mass is 10.2. The molecule has 3 rings (SSSR count). The molecular formula is C13H10N4O3. The SMILES string of the molecule is Nc1cnccc1-c1nc(-c2ccc(O)c(O)c2)no1. The van der Waals surface area contributed by atoms with Crippen LogP contribution in [-0.2, 0) is 0 Å². The highest BCUT2D eigenvalue weighted by Gasteiger charge is 2.14. The first kappa shape index (κ1) is 12.0. The van der Waals surface area contributed by atoms with Gasteiger partial charge in [-0.15, -0.1) is 0 Å². The third kappa shape index (κ3) is 2.01. The topological polar surface area (TPSA) is 118 Å². The number of aromatic nitrogens is 3. The van der Waals surface area contributed by atoms with E-state index < -0.39 is 0 Å². The van der Waals surface area contributed by atoms with Crippen LogP contribution in [0.5, 0.6) is 11.5 Å². The minimum absolute atomic E-state index is 0.212. The molecule has 100 valence electrons. The Kier molecular flexibility index (Phi) is 2.72. The van der Waals surface area contributed by atoms with E-state index in [1.165, 1.54) is 18.3 Å². The Morgan fingerprint density at radius 3 is 2.70 bits per heavy atom. The van der Waals surface area contributed by atoms with Crippen LogP contribution < -0.4 is 5.73 Å². The molecule has 0 saturated heterocycles. The summed E-state index contributed by atoms with van der Waals surface area (Å²) in [5.41, 5.74) is 7.31. The maximum absolute atomic E-state index is 9.46. The Balaban J connectivity index is 2.02. The Morgan fingerprint density at radius 2 is 1.95 bits per heavy atom. The Morgan fingerprint density at radius 1 is 1.10 bits per heavy atom. The number of nitrogen functional groups attached to an aromatic ring is 1. The molecule has 0 aliphatic rings. The van der Waals surface area contributed by atoms with Crippen molar-refractivity contribution in [1.82, 2.24) is 15.1 Å². The first-order chi connectivity index (χ1) is 9.65. The number of nitrogens with zero attached hydrogens (tertiary/aromatic N) is 3. The first-order valence-electron chi connectivity index (χ1n) is 5.71. The standard InChI is InChI=1S/C13H10N4O3/c14-9-6-15-4-3-8(9)13-16-12(17-20-13)7-1-2-10(18)11(19)5-7/h1-6,18-19H,14H2. The van der Waals surface area contributed by atoms with Gasteiger partial charge in [-0.05, 0) is 24.3 Å². The molecule has 1 aromatic carbocycles. The maximum Gasteiger partial charge on any atom is 0.260 e. The Labute approximate surface area is 113 Å². The zero-order chi connectivity index (χ0) is 14.1. The molecule has 0 unspecified atom stereocenters. The number of anilines is 1. The van der Waals surface area contributed by atoms with Crippen LogP contribution in [0.2, 0.25) is 0 Å². The molecule has 0 fully saturated rings. The van der Waals surface area contributed by atoms with Gasteiger partial charge in [0.15, 0.2) is 11.5 Å². The molecule has 0 bridgehead atoms. The number of pyridine rings is 1. The molecule has 3 aromatic rings. The van der Waals surface area contributed by atoms with Crippen molar-refractivity contribution >= 4 is 5.69 Å². The normalized spacial score (nSPS) is 10.6. The summed E-state index contributed by atoms with van der Waals surface area (Å²) in [5.74, 6) is 0.0760. The van der Waals surface area contributed by atoms with Crippen molar-refractivity contribution < 1.29 is 14.7 Å².